The Labute approximate surface area is 141 Å². The van der Waals surface area contributed by atoms with Crippen molar-refractivity contribution in [2.24, 2.45) is 0 Å². The number of nitrogens with zero attached hydrogens (tertiary/aromatic N) is 2. The van der Waals surface area contributed by atoms with Crippen LogP contribution in [0.5, 0.6) is 0 Å². The van der Waals surface area contributed by atoms with E-state index >= 15 is 0 Å². The van der Waals surface area contributed by atoms with Gasteiger partial charge >= 0.3 is 0 Å². The van der Waals surface area contributed by atoms with E-state index in [0.29, 0.717) is 11.6 Å². The van der Waals surface area contributed by atoms with Crippen molar-refractivity contribution < 1.29 is 41.9 Å². The second-order valence-electron chi connectivity index (χ2n) is 3.69. The van der Waals surface area contributed by atoms with Crippen LogP contribution in [0.3, 0.4) is 0 Å². The van der Waals surface area contributed by atoms with Crippen molar-refractivity contribution in [2.45, 2.75) is 6.42 Å². The molecule has 1 radical (unpaired) electrons. The number of nitrogens with one attached hydrogen (secondary N) is 2. The van der Waals surface area contributed by atoms with Crippen LogP contribution < -0.4 is 10.6 Å². The Morgan fingerprint density at radius 1 is 1.45 bits per heavy atom. The summed E-state index contributed by atoms with van der Waals surface area (Å²) in [6.07, 6.45) is 3.06. The molecule has 0 unspecified atom stereocenters. The molecule has 0 amide bonds. The minimum absolute atomic E-state index is 0. The van der Waals surface area contributed by atoms with Gasteiger partial charge in [0.05, 0.1) is 6.20 Å². The standard InChI is InChI=1S/C13H11FN4O.Y/c1-15-13-16-8-11(14)12(18-13)17-10-4-2-9(3-5-10)6-7-19;/h2,4-5,8H,6H2,1H3,(H2,15,16,17,18);/q-2;. The van der Waals surface area contributed by atoms with E-state index in [1.54, 1.807) is 31.5 Å². The fourth-order valence-electron chi connectivity index (χ4n) is 1.43. The first-order chi connectivity index (χ1) is 9.22. The molecule has 1 aromatic carbocycles. The Morgan fingerprint density at radius 2 is 2.25 bits per heavy atom. The number of hydrogen-bond acceptors (Lipinski definition) is 5. The number of anilines is 3. The zero-order valence-electron chi connectivity index (χ0n) is 10.8. The van der Waals surface area contributed by atoms with Gasteiger partial charge in [-0.2, -0.15) is 28.7 Å². The van der Waals surface area contributed by atoms with Crippen molar-refractivity contribution in [3.63, 3.8) is 0 Å². The second-order valence-corrected chi connectivity index (χ2v) is 3.69. The minimum atomic E-state index is -0.552. The summed E-state index contributed by atoms with van der Waals surface area (Å²) in [6.45, 7) is 0. The molecular formula is C13H11FN4OY-2. The summed E-state index contributed by atoms with van der Waals surface area (Å²) in [5, 5.41) is 5.55. The Balaban J connectivity index is 0.00000200. The van der Waals surface area contributed by atoms with Crippen molar-refractivity contribution in [3.05, 3.63) is 41.8 Å². The van der Waals surface area contributed by atoms with Crippen LogP contribution in [0, 0.1) is 11.9 Å². The smallest absolute Gasteiger partial charge is 0.224 e. The van der Waals surface area contributed by atoms with Crippen LogP contribution in [0.25, 0.3) is 0 Å². The Kier molecular flexibility index (Phi) is 6.68. The van der Waals surface area contributed by atoms with E-state index in [4.69, 9.17) is 0 Å². The third-order valence-corrected chi connectivity index (χ3v) is 2.37. The van der Waals surface area contributed by atoms with Gasteiger partial charge in [-0.25, -0.2) is 9.37 Å². The van der Waals surface area contributed by atoms with E-state index < -0.39 is 5.82 Å². The largest absolute Gasteiger partial charge is 0.542 e. The van der Waals surface area contributed by atoms with Gasteiger partial charge in [0.1, 0.15) is 0 Å². The molecule has 101 valence electrons. The van der Waals surface area contributed by atoms with Gasteiger partial charge in [-0.15, -0.1) is 12.5 Å². The number of rotatable bonds is 5. The maximum absolute atomic E-state index is 13.5. The van der Waals surface area contributed by atoms with Crippen LogP contribution in [-0.4, -0.2) is 23.3 Å². The molecule has 0 spiro atoms. The Hall–Kier alpha value is -1.40. The normalized spacial score (nSPS) is 9.50. The molecule has 0 atom stereocenters. The maximum Gasteiger partial charge on any atom is 0.224 e. The molecule has 1 aromatic heterocycles. The van der Waals surface area contributed by atoms with E-state index in [1.807, 2.05) is 0 Å². The van der Waals surface area contributed by atoms with Gasteiger partial charge in [-0.3, -0.25) is 6.29 Å². The van der Waals surface area contributed by atoms with Gasteiger partial charge in [0.15, 0.2) is 11.6 Å². The monoisotopic (exact) mass is 347 g/mol. The summed E-state index contributed by atoms with van der Waals surface area (Å²) in [5.41, 5.74) is 1.34. The van der Waals surface area contributed by atoms with Crippen molar-refractivity contribution in [2.75, 3.05) is 17.7 Å². The van der Waals surface area contributed by atoms with Crippen LogP contribution in [0.1, 0.15) is 5.56 Å². The number of aromatic nitrogens is 2. The number of benzene rings is 1. The van der Waals surface area contributed by atoms with Crippen molar-refractivity contribution in [3.8, 4) is 0 Å². The molecule has 2 rings (SSSR count). The zero-order valence-corrected chi connectivity index (χ0v) is 13.6. The van der Waals surface area contributed by atoms with Crippen molar-refractivity contribution in [1.82, 2.24) is 9.97 Å². The second kappa shape index (κ2) is 8.02. The van der Waals surface area contributed by atoms with Gasteiger partial charge in [0.2, 0.25) is 5.95 Å². The molecule has 7 heteroatoms. The summed E-state index contributed by atoms with van der Waals surface area (Å²) < 4.78 is 13.5. The van der Waals surface area contributed by atoms with Gasteiger partial charge < -0.3 is 15.4 Å². The average Bonchev–Trinajstić information content (AvgIpc) is 2.44. The molecule has 0 aliphatic rings. The molecule has 1 heterocycles. The molecule has 0 saturated carbocycles. The van der Waals surface area contributed by atoms with Crippen LogP contribution in [0.2, 0.25) is 0 Å². The molecule has 0 aliphatic carbocycles. The fourth-order valence-corrected chi connectivity index (χ4v) is 1.43. The molecule has 5 nitrogen and oxygen atoms in total. The summed E-state index contributed by atoms with van der Waals surface area (Å²) >= 11 is 0. The van der Waals surface area contributed by atoms with Gasteiger partial charge in [-0.05, 0) is 0 Å². The van der Waals surface area contributed by atoms with Crippen LogP contribution in [0.15, 0.2) is 24.4 Å². The van der Waals surface area contributed by atoms with E-state index in [-0.39, 0.29) is 44.9 Å². The summed E-state index contributed by atoms with van der Waals surface area (Å²) in [5.74, 6) is -0.160. The average molecular weight is 347 g/mol. The number of carbonyl (C=O) groups excluding carboxylic acids is 1. The van der Waals surface area contributed by atoms with Crippen molar-refractivity contribution >= 4 is 23.7 Å². The minimum Gasteiger partial charge on any atom is -0.542 e. The number of hydrogen-bond donors (Lipinski definition) is 2. The summed E-state index contributed by atoms with van der Waals surface area (Å²) in [4.78, 5) is 17.9. The first kappa shape index (κ1) is 16.7. The van der Waals surface area contributed by atoms with Crippen molar-refractivity contribution in [1.29, 1.82) is 0 Å². The predicted octanol–water partition coefficient (Wildman–Crippen LogP) is 1.85. The molecule has 2 N–H and O–H groups in total. The Bertz CT molecular complexity index is 577. The fraction of sp³-hybridized carbons (Fsp3) is 0.154. The Morgan fingerprint density at radius 3 is 2.85 bits per heavy atom. The maximum atomic E-state index is 13.5. The van der Waals surface area contributed by atoms with E-state index in [1.165, 1.54) is 0 Å². The predicted molar refractivity (Wildman–Crippen MR) is 69.5 cm³/mol. The molecular weight excluding hydrogens is 336 g/mol. The SMILES string of the molecule is CNc1ncc(F)c(Nc2c[c-]c(C[C-]=O)cc2)n1.[Y]. The first-order valence-corrected chi connectivity index (χ1v) is 5.56. The molecule has 0 aliphatic heterocycles. The van der Waals surface area contributed by atoms with E-state index in [2.05, 4.69) is 26.7 Å². The van der Waals surface area contributed by atoms with E-state index in [9.17, 15) is 9.18 Å². The van der Waals surface area contributed by atoms with Gasteiger partial charge in [-0.1, -0.05) is 5.69 Å². The van der Waals surface area contributed by atoms with Crippen LogP contribution >= 0.6 is 0 Å². The molecule has 2 aromatic rings. The van der Waals surface area contributed by atoms with Crippen LogP contribution in [-0.2, 0) is 43.9 Å². The van der Waals surface area contributed by atoms with Gasteiger partial charge in [0.25, 0.3) is 0 Å². The number of halogens is 1. The molecule has 0 bridgehead atoms. The molecule has 0 fully saturated rings. The first-order valence-electron chi connectivity index (χ1n) is 5.56. The summed E-state index contributed by atoms with van der Waals surface area (Å²) in [7, 11) is 1.65. The van der Waals surface area contributed by atoms with E-state index in [0.717, 1.165) is 11.8 Å². The van der Waals surface area contributed by atoms with Crippen LogP contribution in [0.4, 0.5) is 21.8 Å². The third kappa shape index (κ3) is 4.32. The zero-order chi connectivity index (χ0) is 13.7. The quantitative estimate of drug-likeness (QED) is 0.809. The molecule has 0 saturated heterocycles. The molecule has 20 heavy (non-hydrogen) atoms. The topological polar surface area (TPSA) is 66.9 Å². The third-order valence-electron chi connectivity index (χ3n) is 2.37. The summed E-state index contributed by atoms with van der Waals surface area (Å²) in [6, 6.07) is 7.94. The van der Waals surface area contributed by atoms with Gasteiger partial charge in [0, 0.05) is 39.8 Å².